The van der Waals surface area contributed by atoms with Crippen molar-refractivity contribution in [1.29, 1.82) is 0 Å². The lowest BCUT2D eigenvalue weighted by Gasteiger charge is -2.20. The highest BCUT2D eigenvalue weighted by atomic mass is 16.6. The Bertz CT molecular complexity index is 751. The van der Waals surface area contributed by atoms with Crippen LogP contribution in [0.4, 0.5) is 10.5 Å². The van der Waals surface area contributed by atoms with Crippen molar-refractivity contribution in [3.63, 3.8) is 0 Å². The SMILES string of the molecule is CCOc1ccc([N+](=O)[O-])c(CN(CO)C(=O)OCc2ccccc2)c1. The summed E-state index contributed by atoms with van der Waals surface area (Å²) in [6.45, 7) is 1.42. The monoisotopic (exact) mass is 360 g/mol. The molecule has 8 nitrogen and oxygen atoms in total. The number of carbonyl (C=O) groups excluding carboxylic acids is 1. The van der Waals surface area contributed by atoms with Gasteiger partial charge in [-0.2, -0.15) is 0 Å². The third-order valence-electron chi connectivity index (χ3n) is 3.55. The molecule has 1 N–H and O–H groups in total. The fourth-order valence-corrected chi connectivity index (χ4v) is 2.31. The number of rotatable bonds is 8. The van der Waals surface area contributed by atoms with Gasteiger partial charge in [-0.1, -0.05) is 30.3 Å². The van der Waals surface area contributed by atoms with Crippen LogP contribution in [0.3, 0.4) is 0 Å². The first-order chi connectivity index (χ1) is 12.5. The van der Waals surface area contributed by atoms with E-state index in [2.05, 4.69) is 0 Å². The number of nitro benzene ring substituents is 1. The predicted octanol–water partition coefficient (Wildman–Crippen LogP) is 3.08. The molecule has 0 aliphatic carbocycles. The molecule has 0 spiro atoms. The molecule has 138 valence electrons. The lowest BCUT2D eigenvalue weighted by molar-refractivity contribution is -0.385. The van der Waals surface area contributed by atoms with Gasteiger partial charge in [-0.25, -0.2) is 4.79 Å². The molecule has 0 atom stereocenters. The molecule has 8 heteroatoms. The first kappa shape index (κ1) is 19.2. The largest absolute Gasteiger partial charge is 0.494 e. The van der Waals surface area contributed by atoms with E-state index in [0.717, 1.165) is 10.5 Å². The third kappa shape index (κ3) is 5.18. The first-order valence-corrected chi connectivity index (χ1v) is 8.01. The predicted molar refractivity (Wildman–Crippen MR) is 93.5 cm³/mol. The van der Waals surface area contributed by atoms with E-state index in [9.17, 15) is 20.0 Å². The quantitative estimate of drug-likeness (QED) is 0.441. The number of ether oxygens (including phenoxy) is 2. The van der Waals surface area contributed by atoms with Gasteiger partial charge in [-0.05, 0) is 24.6 Å². The van der Waals surface area contributed by atoms with Crippen LogP contribution in [0, 0.1) is 10.1 Å². The van der Waals surface area contributed by atoms with Crippen molar-refractivity contribution >= 4 is 11.8 Å². The molecule has 0 aliphatic rings. The maximum Gasteiger partial charge on any atom is 0.412 e. The molecule has 2 aromatic carbocycles. The third-order valence-corrected chi connectivity index (χ3v) is 3.55. The molecule has 2 rings (SSSR count). The van der Waals surface area contributed by atoms with Gasteiger partial charge in [-0.15, -0.1) is 0 Å². The molecular formula is C18H20N2O6. The van der Waals surface area contributed by atoms with Crippen LogP contribution in [0.15, 0.2) is 48.5 Å². The number of aliphatic hydroxyl groups is 1. The maximum absolute atomic E-state index is 12.2. The number of aliphatic hydroxyl groups excluding tert-OH is 1. The number of benzene rings is 2. The van der Waals surface area contributed by atoms with Crippen molar-refractivity contribution in [3.8, 4) is 5.75 Å². The van der Waals surface area contributed by atoms with E-state index in [1.807, 2.05) is 18.2 Å². The Balaban J connectivity index is 2.11. The van der Waals surface area contributed by atoms with E-state index < -0.39 is 17.7 Å². The van der Waals surface area contributed by atoms with Crippen LogP contribution >= 0.6 is 0 Å². The maximum atomic E-state index is 12.2. The topological polar surface area (TPSA) is 102 Å². The number of hydrogen-bond acceptors (Lipinski definition) is 6. The van der Waals surface area contributed by atoms with Crippen LogP contribution in [0.2, 0.25) is 0 Å². The average molecular weight is 360 g/mol. The van der Waals surface area contributed by atoms with E-state index in [4.69, 9.17) is 9.47 Å². The second kappa shape index (κ2) is 9.38. The standard InChI is InChI=1S/C18H20N2O6/c1-2-25-16-8-9-17(20(23)24)15(10-16)11-19(13-21)18(22)26-12-14-6-4-3-5-7-14/h3-10,21H,2,11-13H2,1H3. The normalized spacial score (nSPS) is 10.2. The van der Waals surface area contributed by atoms with Crippen molar-refractivity contribution < 1.29 is 24.3 Å². The van der Waals surface area contributed by atoms with Crippen LogP contribution in [-0.4, -0.2) is 34.4 Å². The number of carbonyl (C=O) groups is 1. The zero-order valence-corrected chi connectivity index (χ0v) is 14.3. The van der Waals surface area contributed by atoms with Crippen LogP contribution in [0.5, 0.6) is 5.75 Å². The van der Waals surface area contributed by atoms with E-state index in [1.165, 1.54) is 18.2 Å². The molecule has 26 heavy (non-hydrogen) atoms. The highest BCUT2D eigenvalue weighted by Crippen LogP contribution is 2.25. The summed E-state index contributed by atoms with van der Waals surface area (Å²) in [6, 6.07) is 13.4. The average Bonchev–Trinajstić information content (AvgIpc) is 2.65. The van der Waals surface area contributed by atoms with Gasteiger partial charge < -0.3 is 14.6 Å². The minimum atomic E-state index is -0.771. The van der Waals surface area contributed by atoms with E-state index in [0.29, 0.717) is 12.4 Å². The first-order valence-electron chi connectivity index (χ1n) is 8.01. The molecule has 0 aliphatic heterocycles. The summed E-state index contributed by atoms with van der Waals surface area (Å²) in [7, 11) is 0. The number of nitrogens with zero attached hydrogens (tertiary/aromatic N) is 2. The number of hydrogen-bond donors (Lipinski definition) is 1. The summed E-state index contributed by atoms with van der Waals surface area (Å²) in [5.41, 5.74) is 0.873. The smallest absolute Gasteiger partial charge is 0.412 e. The van der Waals surface area contributed by atoms with Gasteiger partial charge in [0.1, 0.15) is 19.1 Å². The Morgan fingerprint density at radius 1 is 1.23 bits per heavy atom. The Labute approximate surface area is 150 Å². The molecule has 0 fully saturated rings. The second-order valence-corrected chi connectivity index (χ2v) is 5.36. The lowest BCUT2D eigenvalue weighted by Crippen LogP contribution is -2.32. The van der Waals surface area contributed by atoms with Gasteiger partial charge in [0, 0.05) is 6.07 Å². The van der Waals surface area contributed by atoms with Gasteiger partial charge in [0.25, 0.3) is 5.69 Å². The van der Waals surface area contributed by atoms with Gasteiger partial charge >= 0.3 is 6.09 Å². The van der Waals surface area contributed by atoms with E-state index in [-0.39, 0.29) is 24.4 Å². The van der Waals surface area contributed by atoms with Crippen molar-refractivity contribution in [2.45, 2.75) is 20.1 Å². The number of amides is 1. The molecule has 0 heterocycles. The Kier molecular flexibility index (Phi) is 6.92. The molecule has 1 amide bonds. The van der Waals surface area contributed by atoms with Crippen LogP contribution in [0.25, 0.3) is 0 Å². The second-order valence-electron chi connectivity index (χ2n) is 5.36. The highest BCUT2D eigenvalue weighted by Gasteiger charge is 2.21. The van der Waals surface area contributed by atoms with Crippen molar-refractivity contribution in [3.05, 3.63) is 69.8 Å². The molecule has 0 unspecified atom stereocenters. The molecule has 0 saturated heterocycles. The highest BCUT2D eigenvalue weighted by molar-refractivity contribution is 5.67. The Morgan fingerprint density at radius 2 is 1.96 bits per heavy atom. The van der Waals surface area contributed by atoms with Crippen molar-refractivity contribution in [2.24, 2.45) is 0 Å². The lowest BCUT2D eigenvalue weighted by atomic mass is 10.1. The summed E-state index contributed by atoms with van der Waals surface area (Å²) >= 11 is 0. The summed E-state index contributed by atoms with van der Waals surface area (Å²) in [5, 5.41) is 20.7. The summed E-state index contributed by atoms with van der Waals surface area (Å²) in [5.74, 6) is 0.448. The van der Waals surface area contributed by atoms with Crippen LogP contribution in [-0.2, 0) is 17.9 Å². The minimum Gasteiger partial charge on any atom is -0.494 e. The van der Waals surface area contributed by atoms with E-state index in [1.54, 1.807) is 19.1 Å². The van der Waals surface area contributed by atoms with Crippen molar-refractivity contribution in [1.82, 2.24) is 4.90 Å². The summed E-state index contributed by atoms with van der Waals surface area (Å²) in [6.07, 6.45) is -0.771. The zero-order chi connectivity index (χ0) is 18.9. The molecule has 2 aromatic rings. The molecule has 0 radical (unpaired) electrons. The number of nitro groups is 1. The minimum absolute atomic E-state index is 0.0389. The summed E-state index contributed by atoms with van der Waals surface area (Å²) in [4.78, 5) is 23.8. The van der Waals surface area contributed by atoms with Gasteiger partial charge in [-0.3, -0.25) is 15.0 Å². The Hall–Kier alpha value is -3.13. The van der Waals surface area contributed by atoms with Crippen LogP contribution in [0.1, 0.15) is 18.1 Å². The molecule has 0 aromatic heterocycles. The van der Waals surface area contributed by atoms with E-state index >= 15 is 0 Å². The van der Waals surface area contributed by atoms with Gasteiger partial charge in [0.2, 0.25) is 0 Å². The fraction of sp³-hybridized carbons (Fsp3) is 0.278. The van der Waals surface area contributed by atoms with Crippen LogP contribution < -0.4 is 4.74 Å². The van der Waals surface area contributed by atoms with Gasteiger partial charge in [0.05, 0.1) is 23.6 Å². The molecule has 0 saturated carbocycles. The Morgan fingerprint density at radius 3 is 2.58 bits per heavy atom. The zero-order valence-electron chi connectivity index (χ0n) is 14.3. The molecular weight excluding hydrogens is 340 g/mol. The summed E-state index contributed by atoms with van der Waals surface area (Å²) < 4.78 is 10.5. The fourth-order valence-electron chi connectivity index (χ4n) is 2.31. The van der Waals surface area contributed by atoms with Gasteiger partial charge in [0.15, 0.2) is 0 Å². The van der Waals surface area contributed by atoms with Crippen molar-refractivity contribution in [2.75, 3.05) is 13.3 Å². The molecule has 0 bridgehead atoms.